The van der Waals surface area contributed by atoms with E-state index in [0.717, 1.165) is 0 Å². The molecule has 11 heavy (non-hydrogen) atoms. The fraction of sp³-hybridized carbons (Fsp3) is 1.00. The van der Waals surface area contributed by atoms with Gasteiger partial charge in [0.05, 0.1) is 6.10 Å². The van der Waals surface area contributed by atoms with E-state index < -0.39 is 12.4 Å². The first kappa shape index (κ1) is 8.80. The molecular weight excluding hydrogens is 159 g/mol. The molecule has 66 valence electrons. The van der Waals surface area contributed by atoms with Crippen molar-refractivity contribution in [3.05, 3.63) is 0 Å². The lowest BCUT2D eigenvalue weighted by molar-refractivity contribution is -0.256. The normalized spacial score (nSPS) is 28.9. The van der Waals surface area contributed by atoms with E-state index in [4.69, 9.17) is 5.11 Å². The molecule has 1 saturated heterocycles. The monoisotopic (exact) mass is 169 g/mol. The van der Waals surface area contributed by atoms with Crippen LogP contribution in [0.25, 0.3) is 0 Å². The number of aliphatic hydroxyl groups excluding tert-OH is 1. The molecule has 5 heteroatoms. The number of hydrogen-bond donors (Lipinski definition) is 1. The number of piperidine rings is 1. The van der Waals surface area contributed by atoms with E-state index in [9.17, 15) is 13.2 Å². The summed E-state index contributed by atoms with van der Waals surface area (Å²) >= 11 is 0. The number of rotatable bonds is 0. The number of aliphatic hydroxyl groups is 1. The Hall–Kier alpha value is -0.290. The van der Waals surface area contributed by atoms with Crippen molar-refractivity contribution >= 4 is 0 Å². The summed E-state index contributed by atoms with van der Waals surface area (Å²) in [5.41, 5.74) is 0. The molecule has 1 atom stereocenters. The van der Waals surface area contributed by atoms with Gasteiger partial charge in [-0.05, 0) is 12.8 Å². The summed E-state index contributed by atoms with van der Waals surface area (Å²) in [5, 5.41) is 8.90. The molecule has 1 unspecified atom stereocenters. The average molecular weight is 169 g/mol. The second-order valence-electron chi connectivity index (χ2n) is 2.71. The molecule has 0 bridgehead atoms. The Balaban J connectivity index is 2.46. The molecular formula is C6H10F3NO. The predicted octanol–water partition coefficient (Wildman–Crippen LogP) is 0.963. The van der Waals surface area contributed by atoms with Gasteiger partial charge in [0.25, 0.3) is 0 Å². The highest BCUT2D eigenvalue weighted by Crippen LogP contribution is 2.24. The van der Waals surface area contributed by atoms with Gasteiger partial charge in [0.1, 0.15) is 0 Å². The summed E-state index contributed by atoms with van der Waals surface area (Å²) in [6.07, 6.45) is -4.19. The van der Waals surface area contributed by atoms with Crippen LogP contribution in [0.2, 0.25) is 0 Å². The molecule has 1 aliphatic rings. The lowest BCUT2D eigenvalue weighted by Crippen LogP contribution is -2.46. The van der Waals surface area contributed by atoms with Crippen molar-refractivity contribution in [1.29, 1.82) is 0 Å². The van der Waals surface area contributed by atoms with Crippen LogP contribution in [0, 0.1) is 0 Å². The van der Waals surface area contributed by atoms with Gasteiger partial charge in [0.2, 0.25) is 0 Å². The van der Waals surface area contributed by atoms with Gasteiger partial charge in [0, 0.05) is 13.1 Å². The van der Waals surface area contributed by atoms with E-state index in [-0.39, 0.29) is 13.1 Å². The topological polar surface area (TPSA) is 23.5 Å². The van der Waals surface area contributed by atoms with Gasteiger partial charge in [0.15, 0.2) is 0 Å². The number of halogens is 3. The zero-order valence-corrected chi connectivity index (χ0v) is 5.93. The van der Waals surface area contributed by atoms with Crippen molar-refractivity contribution < 1.29 is 18.3 Å². The molecule has 0 amide bonds. The Labute approximate surface area is 62.6 Å². The van der Waals surface area contributed by atoms with E-state index in [2.05, 4.69) is 0 Å². The number of alkyl halides is 3. The number of hydrogen-bond acceptors (Lipinski definition) is 2. The highest BCUT2D eigenvalue weighted by atomic mass is 19.4. The Kier molecular flexibility index (Phi) is 2.39. The van der Waals surface area contributed by atoms with Crippen molar-refractivity contribution in [2.75, 3.05) is 13.1 Å². The second kappa shape index (κ2) is 2.98. The van der Waals surface area contributed by atoms with Gasteiger partial charge in [-0.3, -0.25) is 0 Å². The zero-order valence-electron chi connectivity index (χ0n) is 5.93. The Morgan fingerprint density at radius 2 is 2.00 bits per heavy atom. The van der Waals surface area contributed by atoms with Crippen molar-refractivity contribution in [3.8, 4) is 0 Å². The van der Waals surface area contributed by atoms with E-state index in [1.165, 1.54) is 0 Å². The van der Waals surface area contributed by atoms with E-state index in [0.29, 0.717) is 17.7 Å². The highest BCUT2D eigenvalue weighted by Gasteiger charge is 2.39. The largest absolute Gasteiger partial charge is 0.460 e. The smallest absolute Gasteiger partial charge is 0.392 e. The Morgan fingerprint density at radius 1 is 1.36 bits per heavy atom. The summed E-state index contributed by atoms with van der Waals surface area (Å²) in [6.45, 7) is -0.260. The first-order chi connectivity index (χ1) is 5.00. The highest BCUT2D eigenvalue weighted by molar-refractivity contribution is 4.72. The number of β-amino-alcohol motifs (C(OH)–C–C–N with tert-alkyl or cyclic N) is 1. The van der Waals surface area contributed by atoms with Crippen LogP contribution in [0.5, 0.6) is 0 Å². The molecule has 1 fully saturated rings. The Bertz CT molecular complexity index is 136. The standard InChI is InChI=1S/C6H10F3NO/c7-6(8,9)10-3-1-2-5(11)4-10/h5,11H,1-4H2. The maximum Gasteiger partial charge on any atom is 0.460 e. The quantitative estimate of drug-likeness (QED) is 0.546. The number of nitrogens with zero attached hydrogens (tertiary/aromatic N) is 1. The maximum atomic E-state index is 11.9. The molecule has 0 aromatic rings. The van der Waals surface area contributed by atoms with Crippen LogP contribution in [-0.2, 0) is 0 Å². The van der Waals surface area contributed by atoms with Gasteiger partial charge in [-0.15, -0.1) is 0 Å². The molecule has 0 aliphatic carbocycles. The average Bonchev–Trinajstić information content (AvgIpc) is 1.86. The van der Waals surface area contributed by atoms with Crippen LogP contribution in [-0.4, -0.2) is 35.5 Å². The minimum Gasteiger partial charge on any atom is -0.392 e. The first-order valence-electron chi connectivity index (χ1n) is 3.50. The minimum absolute atomic E-state index is 0.0144. The summed E-state index contributed by atoms with van der Waals surface area (Å²) in [5.74, 6) is 0. The van der Waals surface area contributed by atoms with Crippen LogP contribution in [0.1, 0.15) is 12.8 Å². The predicted molar refractivity (Wildman–Crippen MR) is 32.9 cm³/mol. The summed E-state index contributed by atoms with van der Waals surface area (Å²) in [7, 11) is 0. The van der Waals surface area contributed by atoms with Crippen LogP contribution in [0.15, 0.2) is 0 Å². The van der Waals surface area contributed by atoms with E-state index in [1.807, 2.05) is 0 Å². The molecule has 0 spiro atoms. The van der Waals surface area contributed by atoms with Crippen LogP contribution in [0.4, 0.5) is 13.2 Å². The lowest BCUT2D eigenvalue weighted by atomic mass is 10.1. The van der Waals surface area contributed by atoms with E-state index >= 15 is 0 Å². The van der Waals surface area contributed by atoms with Crippen LogP contribution >= 0.6 is 0 Å². The molecule has 1 rings (SSSR count). The molecule has 0 aromatic heterocycles. The maximum absolute atomic E-state index is 11.9. The molecule has 0 saturated carbocycles. The summed E-state index contributed by atoms with van der Waals surface area (Å²) in [4.78, 5) is 0.348. The molecule has 0 radical (unpaired) electrons. The van der Waals surface area contributed by atoms with E-state index in [1.54, 1.807) is 0 Å². The fourth-order valence-electron chi connectivity index (χ4n) is 1.19. The fourth-order valence-corrected chi connectivity index (χ4v) is 1.19. The van der Waals surface area contributed by atoms with Crippen molar-refractivity contribution in [3.63, 3.8) is 0 Å². The van der Waals surface area contributed by atoms with Gasteiger partial charge in [-0.25, -0.2) is 4.90 Å². The SMILES string of the molecule is OC1CCCN(C(F)(F)F)C1. The second-order valence-corrected chi connectivity index (χ2v) is 2.71. The third-order valence-corrected chi connectivity index (χ3v) is 1.76. The molecule has 1 N–H and O–H groups in total. The van der Waals surface area contributed by atoms with Gasteiger partial charge in [-0.1, -0.05) is 0 Å². The third-order valence-electron chi connectivity index (χ3n) is 1.76. The first-order valence-corrected chi connectivity index (χ1v) is 3.50. The van der Waals surface area contributed by atoms with Crippen molar-refractivity contribution in [2.24, 2.45) is 0 Å². The minimum atomic E-state index is -4.28. The van der Waals surface area contributed by atoms with Crippen molar-refractivity contribution in [1.82, 2.24) is 4.90 Å². The van der Waals surface area contributed by atoms with Gasteiger partial charge < -0.3 is 5.11 Å². The summed E-state index contributed by atoms with van der Waals surface area (Å²) in [6, 6.07) is 0. The van der Waals surface area contributed by atoms with Crippen LogP contribution in [0.3, 0.4) is 0 Å². The lowest BCUT2D eigenvalue weighted by Gasteiger charge is -2.31. The molecule has 0 aromatic carbocycles. The van der Waals surface area contributed by atoms with Gasteiger partial charge in [-0.2, -0.15) is 13.2 Å². The van der Waals surface area contributed by atoms with Gasteiger partial charge >= 0.3 is 6.30 Å². The molecule has 1 heterocycles. The third kappa shape index (κ3) is 2.34. The number of likely N-dealkylation sites (tertiary alicyclic amines) is 1. The van der Waals surface area contributed by atoms with Crippen LogP contribution < -0.4 is 0 Å². The van der Waals surface area contributed by atoms with Crippen molar-refractivity contribution in [2.45, 2.75) is 25.2 Å². The molecule has 1 aliphatic heterocycles. The Morgan fingerprint density at radius 3 is 2.36 bits per heavy atom. The zero-order chi connectivity index (χ0) is 8.48. The summed E-state index contributed by atoms with van der Waals surface area (Å²) < 4.78 is 35.8. The molecule has 2 nitrogen and oxygen atoms in total.